The largest absolute Gasteiger partial charge is 0.478 e. The van der Waals surface area contributed by atoms with Gasteiger partial charge in [0, 0.05) is 10.8 Å². The summed E-state index contributed by atoms with van der Waals surface area (Å²) in [6.07, 6.45) is 0. The predicted molar refractivity (Wildman–Crippen MR) is 82.4 cm³/mol. The van der Waals surface area contributed by atoms with E-state index >= 15 is 0 Å². The van der Waals surface area contributed by atoms with Crippen molar-refractivity contribution in [3.63, 3.8) is 0 Å². The third-order valence-electron chi connectivity index (χ3n) is 3.00. The van der Waals surface area contributed by atoms with Crippen LogP contribution in [0.5, 0.6) is 0 Å². The van der Waals surface area contributed by atoms with Gasteiger partial charge in [0.2, 0.25) is 0 Å². The van der Waals surface area contributed by atoms with E-state index in [-0.39, 0.29) is 23.4 Å². The topological polar surface area (TPSA) is 92.4 Å². The van der Waals surface area contributed by atoms with Crippen molar-refractivity contribution in [1.29, 1.82) is 0 Å². The number of amides is 1. The lowest BCUT2D eigenvalue weighted by Crippen LogP contribution is -2.23. The number of rotatable bonds is 4. The van der Waals surface area contributed by atoms with Crippen molar-refractivity contribution < 1.29 is 19.1 Å². The van der Waals surface area contributed by atoms with E-state index in [1.165, 1.54) is 17.4 Å². The Kier molecular flexibility index (Phi) is 4.37. The highest BCUT2D eigenvalue weighted by atomic mass is 32.1. The summed E-state index contributed by atoms with van der Waals surface area (Å²) >= 11 is 1.44. The Labute approximate surface area is 132 Å². The van der Waals surface area contributed by atoms with Crippen molar-refractivity contribution in [1.82, 2.24) is 10.3 Å². The van der Waals surface area contributed by atoms with Crippen molar-refractivity contribution in [3.05, 3.63) is 39.2 Å². The van der Waals surface area contributed by atoms with Gasteiger partial charge in [-0.3, -0.25) is 4.79 Å². The molecule has 7 heteroatoms. The second-order valence-electron chi connectivity index (χ2n) is 5.96. The molecule has 118 valence electrons. The quantitative estimate of drug-likeness (QED) is 0.902. The summed E-state index contributed by atoms with van der Waals surface area (Å²) in [5.74, 6) is -0.638. The minimum Gasteiger partial charge on any atom is -0.478 e. The maximum Gasteiger partial charge on any atom is 0.339 e. The molecule has 0 aliphatic carbocycles. The van der Waals surface area contributed by atoms with E-state index in [0.29, 0.717) is 17.2 Å². The Morgan fingerprint density at radius 2 is 2.09 bits per heavy atom. The molecule has 2 aromatic heterocycles. The van der Waals surface area contributed by atoms with Crippen LogP contribution in [0.3, 0.4) is 0 Å². The van der Waals surface area contributed by atoms with Crippen LogP contribution in [-0.4, -0.2) is 22.0 Å². The molecule has 0 aliphatic rings. The normalized spacial score (nSPS) is 11.5. The molecular formula is C15H18N2O4S. The number of aryl methyl sites for hydroxylation is 1. The maximum absolute atomic E-state index is 12.1. The van der Waals surface area contributed by atoms with Crippen LogP contribution in [0.1, 0.15) is 58.1 Å². The number of carbonyl (C=O) groups is 2. The van der Waals surface area contributed by atoms with Crippen LogP contribution in [0.25, 0.3) is 0 Å². The van der Waals surface area contributed by atoms with E-state index in [4.69, 9.17) is 9.52 Å². The number of hydrogen-bond donors (Lipinski definition) is 2. The predicted octanol–water partition coefficient (Wildman–Crippen LogP) is 2.97. The fourth-order valence-electron chi connectivity index (χ4n) is 1.82. The monoisotopic (exact) mass is 322 g/mol. The smallest absolute Gasteiger partial charge is 0.339 e. The van der Waals surface area contributed by atoms with Gasteiger partial charge in [-0.1, -0.05) is 20.8 Å². The van der Waals surface area contributed by atoms with E-state index in [1.54, 1.807) is 12.3 Å². The number of hydrogen-bond acceptors (Lipinski definition) is 5. The first kappa shape index (κ1) is 16.2. The molecular weight excluding hydrogens is 304 g/mol. The Morgan fingerprint density at radius 3 is 2.59 bits per heavy atom. The van der Waals surface area contributed by atoms with Crippen LogP contribution in [0.4, 0.5) is 0 Å². The molecule has 0 aromatic carbocycles. The fraction of sp³-hybridized carbons (Fsp3) is 0.400. The van der Waals surface area contributed by atoms with E-state index in [1.807, 2.05) is 20.8 Å². The van der Waals surface area contributed by atoms with Gasteiger partial charge < -0.3 is 14.8 Å². The average Bonchev–Trinajstić information content (AvgIpc) is 3.01. The van der Waals surface area contributed by atoms with E-state index in [2.05, 4.69) is 10.3 Å². The van der Waals surface area contributed by atoms with Crippen molar-refractivity contribution in [2.24, 2.45) is 0 Å². The standard InChI is InChI=1S/C15H18N2O4S/c1-8-10(13(19)20)5-9(21-8)6-16-12(18)11-7-22-14(17-11)15(2,3)4/h5,7H,6H2,1-4H3,(H,16,18)(H,19,20). The molecule has 0 fully saturated rings. The van der Waals surface area contributed by atoms with Crippen LogP contribution < -0.4 is 5.32 Å². The second kappa shape index (κ2) is 5.92. The summed E-state index contributed by atoms with van der Waals surface area (Å²) < 4.78 is 5.31. The average molecular weight is 322 g/mol. The first-order chi connectivity index (χ1) is 10.2. The third-order valence-corrected chi connectivity index (χ3v) is 4.27. The number of aromatic carboxylic acids is 1. The first-order valence-electron chi connectivity index (χ1n) is 6.75. The van der Waals surface area contributed by atoms with Gasteiger partial charge in [0.1, 0.15) is 22.8 Å². The molecule has 0 atom stereocenters. The number of nitrogens with zero attached hydrogens (tertiary/aromatic N) is 1. The highest BCUT2D eigenvalue weighted by Crippen LogP contribution is 2.25. The lowest BCUT2D eigenvalue weighted by Gasteiger charge is -2.13. The highest BCUT2D eigenvalue weighted by molar-refractivity contribution is 7.10. The van der Waals surface area contributed by atoms with Gasteiger partial charge in [0.15, 0.2) is 0 Å². The van der Waals surface area contributed by atoms with E-state index in [0.717, 1.165) is 5.01 Å². The van der Waals surface area contributed by atoms with E-state index in [9.17, 15) is 9.59 Å². The second-order valence-corrected chi connectivity index (χ2v) is 6.82. The van der Waals surface area contributed by atoms with Crippen LogP contribution in [0.15, 0.2) is 15.9 Å². The summed E-state index contributed by atoms with van der Waals surface area (Å²) in [7, 11) is 0. The molecule has 6 nitrogen and oxygen atoms in total. The lowest BCUT2D eigenvalue weighted by molar-refractivity contribution is 0.0694. The van der Waals surface area contributed by atoms with Crippen LogP contribution >= 0.6 is 11.3 Å². The molecule has 1 amide bonds. The van der Waals surface area contributed by atoms with Crippen LogP contribution in [0, 0.1) is 6.92 Å². The summed E-state index contributed by atoms with van der Waals surface area (Å²) in [5, 5.41) is 14.2. The minimum atomic E-state index is -1.05. The molecule has 0 bridgehead atoms. The van der Waals surface area contributed by atoms with Gasteiger partial charge in [-0.15, -0.1) is 11.3 Å². The lowest BCUT2D eigenvalue weighted by atomic mass is 9.98. The Bertz CT molecular complexity index is 709. The third kappa shape index (κ3) is 3.54. The molecule has 0 saturated heterocycles. The molecule has 0 aliphatic heterocycles. The first-order valence-corrected chi connectivity index (χ1v) is 7.63. The molecule has 2 N–H and O–H groups in total. The molecule has 0 radical (unpaired) electrons. The minimum absolute atomic E-state index is 0.0995. The van der Waals surface area contributed by atoms with Crippen LogP contribution in [0.2, 0.25) is 0 Å². The number of furan rings is 1. The van der Waals surface area contributed by atoms with Crippen molar-refractivity contribution in [2.45, 2.75) is 39.7 Å². The van der Waals surface area contributed by atoms with Crippen LogP contribution in [-0.2, 0) is 12.0 Å². The van der Waals surface area contributed by atoms with Gasteiger partial charge in [-0.25, -0.2) is 9.78 Å². The zero-order chi connectivity index (χ0) is 16.5. The number of carbonyl (C=O) groups excluding carboxylic acids is 1. The summed E-state index contributed by atoms with van der Waals surface area (Å²) in [4.78, 5) is 27.3. The zero-order valence-electron chi connectivity index (χ0n) is 12.9. The zero-order valence-corrected chi connectivity index (χ0v) is 13.7. The van der Waals surface area contributed by atoms with Gasteiger partial charge in [-0.2, -0.15) is 0 Å². The summed E-state index contributed by atoms with van der Waals surface area (Å²) in [6.45, 7) is 7.80. The van der Waals surface area contributed by atoms with Crippen molar-refractivity contribution in [2.75, 3.05) is 0 Å². The Hall–Kier alpha value is -2.15. The van der Waals surface area contributed by atoms with Crippen molar-refractivity contribution in [3.8, 4) is 0 Å². The fourth-order valence-corrected chi connectivity index (χ4v) is 2.71. The molecule has 0 unspecified atom stereocenters. The Balaban J connectivity index is 2.02. The molecule has 0 spiro atoms. The molecule has 0 saturated carbocycles. The van der Waals surface area contributed by atoms with Crippen molar-refractivity contribution >= 4 is 23.2 Å². The number of nitrogens with one attached hydrogen (secondary N) is 1. The summed E-state index contributed by atoms with van der Waals surface area (Å²) in [5.41, 5.74) is 0.363. The number of carboxylic acids is 1. The number of thiazole rings is 1. The van der Waals surface area contributed by atoms with Gasteiger partial charge in [0.25, 0.3) is 5.91 Å². The number of aromatic nitrogens is 1. The Morgan fingerprint density at radius 1 is 1.41 bits per heavy atom. The SMILES string of the molecule is Cc1oc(CNC(=O)c2csc(C(C)(C)C)n2)cc1C(=O)O. The highest BCUT2D eigenvalue weighted by Gasteiger charge is 2.20. The van der Waals surface area contributed by atoms with E-state index < -0.39 is 5.97 Å². The molecule has 22 heavy (non-hydrogen) atoms. The van der Waals surface area contributed by atoms with Gasteiger partial charge >= 0.3 is 5.97 Å². The maximum atomic E-state index is 12.1. The van der Waals surface area contributed by atoms with Gasteiger partial charge in [-0.05, 0) is 13.0 Å². The molecule has 2 aromatic rings. The van der Waals surface area contributed by atoms with Gasteiger partial charge in [0.05, 0.1) is 11.6 Å². The molecule has 2 heterocycles. The molecule has 2 rings (SSSR count). The number of carboxylic acid groups (broad SMARTS) is 1. The summed E-state index contributed by atoms with van der Waals surface area (Å²) in [6, 6.07) is 1.42.